The number of ether oxygens (including phenoxy) is 3. The van der Waals surface area contributed by atoms with Gasteiger partial charge in [0.25, 0.3) is 0 Å². The van der Waals surface area contributed by atoms with Gasteiger partial charge in [0.1, 0.15) is 23.6 Å². The number of aliphatic hydroxyl groups is 1. The molecule has 0 saturated heterocycles. The molecule has 184 valence electrons. The van der Waals surface area contributed by atoms with Crippen LogP contribution in [0, 0.1) is 34.5 Å². The van der Waals surface area contributed by atoms with Crippen molar-refractivity contribution in [3.05, 3.63) is 0 Å². The lowest BCUT2D eigenvalue weighted by Crippen LogP contribution is -2.68. The van der Waals surface area contributed by atoms with E-state index in [0.29, 0.717) is 25.7 Å². The summed E-state index contributed by atoms with van der Waals surface area (Å²) < 4.78 is 16.1. The summed E-state index contributed by atoms with van der Waals surface area (Å²) in [5.41, 5.74) is -2.93. The molecule has 0 bridgehead atoms. The van der Waals surface area contributed by atoms with Gasteiger partial charge < -0.3 is 19.3 Å². The second kappa shape index (κ2) is 8.07. The van der Waals surface area contributed by atoms with Crippen LogP contribution in [0.25, 0.3) is 0 Å². The minimum Gasteiger partial charge on any atom is -0.469 e. The Bertz CT molecular complexity index is 868. The van der Waals surface area contributed by atoms with Crippen LogP contribution >= 0.6 is 0 Å². The van der Waals surface area contributed by atoms with Gasteiger partial charge in [0.05, 0.1) is 13.0 Å². The number of ketones is 1. The van der Waals surface area contributed by atoms with Gasteiger partial charge in [-0.05, 0) is 43.4 Å². The van der Waals surface area contributed by atoms with Crippen LogP contribution in [0.5, 0.6) is 0 Å². The number of hydrogen-bond donors (Lipinski definition) is 1. The molecule has 4 aliphatic rings. The van der Waals surface area contributed by atoms with Crippen LogP contribution in [0.15, 0.2) is 0 Å². The van der Waals surface area contributed by atoms with Crippen molar-refractivity contribution >= 4 is 23.7 Å². The number of carbonyl (C=O) groups excluding carboxylic acids is 4. The van der Waals surface area contributed by atoms with Crippen LogP contribution in [0.3, 0.4) is 0 Å². The predicted octanol–water partition coefficient (Wildman–Crippen LogP) is 2.59. The Labute approximate surface area is 194 Å². The zero-order valence-electron chi connectivity index (χ0n) is 20.2. The third kappa shape index (κ3) is 3.43. The highest BCUT2D eigenvalue weighted by atomic mass is 16.6. The normalized spacial score (nSPS) is 46.4. The lowest BCUT2D eigenvalue weighted by atomic mass is 9.42. The second-order valence-corrected chi connectivity index (χ2v) is 11.2. The summed E-state index contributed by atoms with van der Waals surface area (Å²) >= 11 is 0. The zero-order chi connectivity index (χ0) is 24.3. The lowest BCUT2D eigenvalue weighted by Gasteiger charge is -2.62. The van der Waals surface area contributed by atoms with E-state index in [4.69, 9.17) is 14.2 Å². The average molecular weight is 465 g/mol. The highest BCUT2D eigenvalue weighted by Gasteiger charge is 2.75. The van der Waals surface area contributed by atoms with Crippen LogP contribution in [-0.2, 0) is 33.4 Å². The van der Waals surface area contributed by atoms with Crippen LogP contribution in [-0.4, -0.2) is 53.7 Å². The number of carbonyl (C=O) groups is 4. The highest BCUT2D eigenvalue weighted by molar-refractivity contribution is 5.87. The van der Waals surface area contributed by atoms with Crippen molar-refractivity contribution in [1.82, 2.24) is 0 Å². The van der Waals surface area contributed by atoms with Crippen LogP contribution in [0.1, 0.15) is 72.6 Å². The predicted molar refractivity (Wildman–Crippen MR) is 116 cm³/mol. The summed E-state index contributed by atoms with van der Waals surface area (Å²) in [7, 11) is 1.30. The molecule has 0 spiro atoms. The minimum atomic E-state index is -1.50. The third-order valence-electron chi connectivity index (χ3n) is 9.63. The van der Waals surface area contributed by atoms with Gasteiger partial charge in [0.15, 0.2) is 0 Å². The molecule has 1 N–H and O–H groups in total. The Hall–Kier alpha value is -1.96. The molecule has 8 heteroatoms. The van der Waals surface area contributed by atoms with Crippen LogP contribution < -0.4 is 0 Å². The number of hydrogen-bond acceptors (Lipinski definition) is 8. The SMILES string of the molecule is COC(=O)C1CC(OC(C)=O)C2(O)C3CCC4CC(OC(C)=O)CCC4(C)C3C(=O)CC12C. The Morgan fingerprint density at radius 3 is 2.27 bits per heavy atom. The number of Topliss-reactive ketones (excluding diaryl/α,β-unsaturated/α-hetero) is 1. The van der Waals surface area contributed by atoms with E-state index in [2.05, 4.69) is 6.92 Å². The fraction of sp³-hybridized carbons (Fsp3) is 0.840. The van der Waals surface area contributed by atoms with Gasteiger partial charge in [-0.2, -0.15) is 0 Å². The maximum atomic E-state index is 13.8. The first kappa shape index (κ1) is 24.2. The molecular weight excluding hydrogens is 428 g/mol. The van der Waals surface area contributed by atoms with Gasteiger partial charge in [-0.25, -0.2) is 0 Å². The largest absolute Gasteiger partial charge is 0.469 e. The molecule has 4 saturated carbocycles. The van der Waals surface area contributed by atoms with Crippen molar-refractivity contribution in [3.63, 3.8) is 0 Å². The summed E-state index contributed by atoms with van der Waals surface area (Å²) in [6.07, 6.45) is 2.63. The van der Waals surface area contributed by atoms with E-state index in [0.717, 1.165) is 6.42 Å². The topological polar surface area (TPSA) is 116 Å². The fourth-order valence-electron chi connectivity index (χ4n) is 8.19. The monoisotopic (exact) mass is 464 g/mol. The van der Waals surface area contributed by atoms with Crippen LogP contribution in [0.4, 0.5) is 0 Å². The van der Waals surface area contributed by atoms with Crippen molar-refractivity contribution in [2.24, 2.45) is 34.5 Å². The van der Waals surface area contributed by atoms with E-state index in [1.165, 1.54) is 21.0 Å². The maximum Gasteiger partial charge on any atom is 0.309 e. The van der Waals surface area contributed by atoms with E-state index in [9.17, 15) is 24.3 Å². The Morgan fingerprint density at radius 1 is 1.00 bits per heavy atom. The first-order valence-electron chi connectivity index (χ1n) is 12.1. The molecule has 4 aliphatic carbocycles. The maximum absolute atomic E-state index is 13.8. The highest BCUT2D eigenvalue weighted by Crippen LogP contribution is 2.68. The Morgan fingerprint density at radius 2 is 1.67 bits per heavy atom. The molecule has 9 unspecified atom stereocenters. The van der Waals surface area contributed by atoms with E-state index >= 15 is 0 Å². The first-order valence-corrected chi connectivity index (χ1v) is 12.1. The molecule has 0 aliphatic heterocycles. The van der Waals surface area contributed by atoms with Gasteiger partial charge in [-0.15, -0.1) is 0 Å². The van der Waals surface area contributed by atoms with E-state index in [1.54, 1.807) is 6.92 Å². The van der Waals surface area contributed by atoms with E-state index in [1.807, 2.05) is 0 Å². The number of rotatable bonds is 3. The molecule has 4 fully saturated rings. The Kier molecular flexibility index (Phi) is 5.91. The standard InChI is InChI=1S/C25H36O8/c1-13(26)32-16-8-9-23(3)15(10-16)6-7-17-21(23)19(28)12-24(4)18(22(29)31-5)11-20(25(17,24)30)33-14(2)27/h15-18,20-21,30H,6-12H2,1-5H3. The molecule has 0 aromatic heterocycles. The molecule has 33 heavy (non-hydrogen) atoms. The number of methoxy groups -OCH3 is 1. The lowest BCUT2D eigenvalue weighted by molar-refractivity contribution is -0.235. The minimum absolute atomic E-state index is 0.0396. The fourth-order valence-corrected chi connectivity index (χ4v) is 8.19. The quantitative estimate of drug-likeness (QED) is 0.500. The second-order valence-electron chi connectivity index (χ2n) is 11.2. The zero-order valence-corrected chi connectivity index (χ0v) is 20.2. The first-order chi connectivity index (χ1) is 15.4. The molecule has 0 aromatic rings. The smallest absolute Gasteiger partial charge is 0.309 e. The molecule has 0 aromatic carbocycles. The summed E-state index contributed by atoms with van der Waals surface area (Å²) in [5, 5.41) is 12.4. The number of fused-ring (bicyclic) bond motifs is 5. The van der Waals surface area contributed by atoms with Gasteiger partial charge in [0, 0.05) is 43.9 Å². The molecular formula is C25H36O8. The van der Waals surface area contributed by atoms with Crippen molar-refractivity contribution in [2.75, 3.05) is 7.11 Å². The molecule has 0 heterocycles. The molecule has 0 radical (unpaired) electrons. The molecule has 8 nitrogen and oxygen atoms in total. The van der Waals surface area contributed by atoms with Crippen molar-refractivity contribution in [1.29, 1.82) is 0 Å². The summed E-state index contributed by atoms with van der Waals surface area (Å²) in [6.45, 7) is 6.61. The number of esters is 3. The van der Waals surface area contributed by atoms with Gasteiger partial charge in [0.2, 0.25) is 0 Å². The summed E-state index contributed by atoms with van der Waals surface area (Å²) in [5.74, 6) is -2.60. The summed E-state index contributed by atoms with van der Waals surface area (Å²) in [6, 6.07) is 0. The third-order valence-corrected chi connectivity index (χ3v) is 9.63. The van der Waals surface area contributed by atoms with E-state index in [-0.39, 0.29) is 42.0 Å². The average Bonchev–Trinajstić information content (AvgIpc) is 2.94. The molecule has 0 amide bonds. The van der Waals surface area contributed by atoms with Gasteiger partial charge in [-0.3, -0.25) is 19.2 Å². The van der Waals surface area contributed by atoms with Gasteiger partial charge in [-0.1, -0.05) is 13.8 Å². The Balaban J connectivity index is 1.72. The molecule has 9 atom stereocenters. The van der Waals surface area contributed by atoms with Crippen molar-refractivity contribution in [2.45, 2.75) is 90.4 Å². The van der Waals surface area contributed by atoms with Gasteiger partial charge >= 0.3 is 17.9 Å². The van der Waals surface area contributed by atoms with Crippen LogP contribution in [0.2, 0.25) is 0 Å². The van der Waals surface area contributed by atoms with Crippen molar-refractivity contribution in [3.8, 4) is 0 Å². The summed E-state index contributed by atoms with van der Waals surface area (Å²) in [4.78, 5) is 49.9. The molecule has 4 rings (SSSR count). The van der Waals surface area contributed by atoms with E-state index < -0.39 is 46.8 Å². The van der Waals surface area contributed by atoms with Crippen molar-refractivity contribution < 1.29 is 38.5 Å².